The molecule has 1 atom stereocenters. The Labute approximate surface area is 136 Å². The van der Waals surface area contributed by atoms with E-state index in [4.69, 9.17) is 11.6 Å². The summed E-state index contributed by atoms with van der Waals surface area (Å²) >= 11 is 5.97. The highest BCUT2D eigenvalue weighted by atomic mass is 35.5. The van der Waals surface area contributed by atoms with Crippen LogP contribution in [0.4, 0.5) is 10.5 Å². The van der Waals surface area contributed by atoms with Gasteiger partial charge in [-0.1, -0.05) is 11.6 Å². The van der Waals surface area contributed by atoms with Gasteiger partial charge in [-0.15, -0.1) is 0 Å². The van der Waals surface area contributed by atoms with Crippen LogP contribution in [0.1, 0.15) is 26.3 Å². The van der Waals surface area contributed by atoms with Gasteiger partial charge in [0.25, 0.3) is 0 Å². The summed E-state index contributed by atoms with van der Waals surface area (Å²) in [6.07, 6.45) is 0. The van der Waals surface area contributed by atoms with E-state index in [0.717, 1.165) is 11.3 Å². The molecular weight excluding hydrogens is 302 g/mol. The number of amides is 3. The van der Waals surface area contributed by atoms with Gasteiger partial charge < -0.3 is 15.1 Å². The number of aryl methyl sites for hydroxylation is 1. The molecule has 1 aliphatic rings. The molecule has 1 heterocycles. The average Bonchev–Trinajstić information content (AvgIpc) is 2.41. The van der Waals surface area contributed by atoms with Crippen LogP contribution in [-0.2, 0) is 4.79 Å². The predicted octanol–water partition coefficient (Wildman–Crippen LogP) is 2.80. The maximum atomic E-state index is 12.6. The van der Waals surface area contributed by atoms with Gasteiger partial charge in [0.15, 0.2) is 0 Å². The topological polar surface area (TPSA) is 52.6 Å². The maximum absolute atomic E-state index is 12.6. The van der Waals surface area contributed by atoms with Crippen molar-refractivity contribution < 1.29 is 9.59 Å². The molecule has 0 spiro atoms. The molecular formula is C16H22ClN3O2. The minimum Gasteiger partial charge on any atom is -0.336 e. The van der Waals surface area contributed by atoms with E-state index < -0.39 is 6.04 Å². The van der Waals surface area contributed by atoms with Crippen LogP contribution in [0.2, 0.25) is 5.02 Å². The van der Waals surface area contributed by atoms with E-state index >= 15 is 0 Å². The van der Waals surface area contributed by atoms with Crippen LogP contribution in [-0.4, -0.2) is 42.0 Å². The molecule has 6 heteroatoms. The molecule has 1 saturated heterocycles. The van der Waals surface area contributed by atoms with Crippen molar-refractivity contribution in [2.24, 2.45) is 0 Å². The summed E-state index contributed by atoms with van der Waals surface area (Å²) in [5, 5.41) is 3.49. The van der Waals surface area contributed by atoms with Crippen LogP contribution < -0.4 is 10.2 Å². The molecule has 0 saturated carbocycles. The van der Waals surface area contributed by atoms with Crippen molar-refractivity contribution in [3.63, 3.8) is 0 Å². The van der Waals surface area contributed by atoms with Crippen LogP contribution in [0.3, 0.4) is 0 Å². The molecule has 1 aromatic carbocycles. The first kappa shape index (κ1) is 16.6. The average molecular weight is 324 g/mol. The molecule has 0 aromatic heterocycles. The number of anilines is 1. The number of nitrogens with zero attached hydrogens (tertiary/aromatic N) is 2. The lowest BCUT2D eigenvalue weighted by molar-refractivity contribution is -0.124. The highest BCUT2D eigenvalue weighted by Gasteiger charge is 2.35. The lowest BCUT2D eigenvalue weighted by atomic mass is 10.1. The third-order valence-corrected chi connectivity index (χ3v) is 4.01. The molecule has 0 aliphatic carbocycles. The first-order chi connectivity index (χ1) is 10.3. The number of nitrogens with one attached hydrogen (secondary N) is 1. The molecule has 0 radical (unpaired) electrons. The zero-order valence-corrected chi connectivity index (χ0v) is 14.1. The third-order valence-electron chi connectivity index (χ3n) is 3.78. The molecule has 0 bridgehead atoms. The van der Waals surface area contributed by atoms with Crippen LogP contribution in [0.5, 0.6) is 0 Å². The molecule has 1 aromatic rings. The fraction of sp³-hybridized carbons (Fsp3) is 0.500. The van der Waals surface area contributed by atoms with Crippen molar-refractivity contribution in [1.29, 1.82) is 0 Å². The summed E-state index contributed by atoms with van der Waals surface area (Å²) in [5.41, 5.74) is 1.80. The zero-order valence-electron chi connectivity index (χ0n) is 13.4. The third kappa shape index (κ3) is 3.35. The largest absolute Gasteiger partial charge is 0.336 e. The Morgan fingerprint density at radius 2 is 2.05 bits per heavy atom. The van der Waals surface area contributed by atoms with Gasteiger partial charge >= 0.3 is 6.03 Å². The van der Waals surface area contributed by atoms with Gasteiger partial charge in [0.2, 0.25) is 5.91 Å². The second kappa shape index (κ2) is 6.57. The number of piperazine rings is 1. The van der Waals surface area contributed by atoms with Crippen molar-refractivity contribution in [2.75, 3.05) is 18.0 Å². The van der Waals surface area contributed by atoms with Gasteiger partial charge in [-0.3, -0.25) is 4.79 Å². The van der Waals surface area contributed by atoms with Gasteiger partial charge in [0, 0.05) is 29.8 Å². The van der Waals surface area contributed by atoms with Crippen molar-refractivity contribution >= 4 is 29.2 Å². The highest BCUT2D eigenvalue weighted by Crippen LogP contribution is 2.26. The van der Waals surface area contributed by atoms with E-state index in [9.17, 15) is 9.59 Å². The molecule has 5 nitrogen and oxygen atoms in total. The Morgan fingerprint density at radius 3 is 2.64 bits per heavy atom. The number of urea groups is 1. The summed E-state index contributed by atoms with van der Waals surface area (Å²) < 4.78 is 0. The first-order valence-electron chi connectivity index (χ1n) is 7.46. The minimum atomic E-state index is -0.484. The van der Waals surface area contributed by atoms with E-state index in [2.05, 4.69) is 5.32 Å². The fourth-order valence-electron chi connectivity index (χ4n) is 2.64. The van der Waals surface area contributed by atoms with Gasteiger partial charge in [-0.25, -0.2) is 4.79 Å². The number of carbonyl (C=O) groups is 2. The van der Waals surface area contributed by atoms with E-state index in [1.54, 1.807) is 22.8 Å². The molecule has 1 aliphatic heterocycles. The summed E-state index contributed by atoms with van der Waals surface area (Å²) in [6.45, 7) is 8.48. The summed E-state index contributed by atoms with van der Waals surface area (Å²) in [7, 11) is 0. The van der Waals surface area contributed by atoms with Crippen molar-refractivity contribution in [3.05, 3.63) is 28.8 Å². The second-order valence-electron chi connectivity index (χ2n) is 5.89. The van der Waals surface area contributed by atoms with E-state index in [1.807, 2.05) is 32.9 Å². The highest BCUT2D eigenvalue weighted by molar-refractivity contribution is 6.30. The van der Waals surface area contributed by atoms with Crippen LogP contribution in [0, 0.1) is 6.92 Å². The number of hydrogen-bond donors (Lipinski definition) is 1. The zero-order chi connectivity index (χ0) is 16.4. The second-order valence-corrected chi connectivity index (χ2v) is 6.33. The normalized spacial score (nSPS) is 18.8. The summed E-state index contributed by atoms with van der Waals surface area (Å²) in [5.74, 6) is -0.0735. The number of halogens is 1. The van der Waals surface area contributed by atoms with Gasteiger partial charge in [-0.05, 0) is 51.5 Å². The maximum Gasteiger partial charge on any atom is 0.318 e. The van der Waals surface area contributed by atoms with Crippen LogP contribution in [0.25, 0.3) is 0 Å². The predicted molar refractivity (Wildman–Crippen MR) is 88.4 cm³/mol. The Morgan fingerprint density at radius 1 is 1.36 bits per heavy atom. The van der Waals surface area contributed by atoms with Crippen LogP contribution >= 0.6 is 11.6 Å². The fourth-order valence-corrected chi connectivity index (χ4v) is 2.87. The van der Waals surface area contributed by atoms with Gasteiger partial charge in [0.05, 0.1) is 0 Å². The lowest BCUT2D eigenvalue weighted by Gasteiger charge is -2.39. The molecule has 0 unspecified atom stereocenters. The Hall–Kier alpha value is -1.75. The smallest absolute Gasteiger partial charge is 0.318 e. The number of rotatable bonds is 2. The molecule has 1 N–H and O–H groups in total. The van der Waals surface area contributed by atoms with E-state index in [0.29, 0.717) is 18.1 Å². The van der Waals surface area contributed by atoms with Crippen LogP contribution in [0.15, 0.2) is 18.2 Å². The molecule has 3 amide bonds. The SMILES string of the molecule is Cc1cc(Cl)ccc1N1CCN(C(=O)NC(C)C)[C@H](C)C1=O. The van der Waals surface area contributed by atoms with E-state index in [1.165, 1.54) is 0 Å². The van der Waals surface area contributed by atoms with Crippen molar-refractivity contribution in [3.8, 4) is 0 Å². The quantitative estimate of drug-likeness (QED) is 0.910. The number of hydrogen-bond acceptors (Lipinski definition) is 2. The summed E-state index contributed by atoms with van der Waals surface area (Å²) in [4.78, 5) is 28.1. The Bertz CT molecular complexity index is 589. The standard InChI is InChI=1S/C16H22ClN3O2/c1-10(2)18-16(22)19-7-8-20(15(21)12(19)4)14-6-5-13(17)9-11(14)3/h5-6,9-10,12H,7-8H2,1-4H3,(H,18,22)/t12-/m1/s1. The van der Waals surface area contributed by atoms with Crippen molar-refractivity contribution in [2.45, 2.75) is 39.8 Å². The minimum absolute atomic E-state index is 0.0475. The first-order valence-corrected chi connectivity index (χ1v) is 7.83. The van der Waals surface area contributed by atoms with E-state index in [-0.39, 0.29) is 18.0 Å². The molecule has 120 valence electrons. The van der Waals surface area contributed by atoms with Gasteiger partial charge in [0.1, 0.15) is 6.04 Å². The number of carbonyl (C=O) groups excluding carboxylic acids is 2. The molecule has 2 rings (SSSR count). The summed E-state index contributed by atoms with van der Waals surface area (Å²) in [6, 6.07) is 4.84. The molecule has 1 fully saturated rings. The van der Waals surface area contributed by atoms with Crippen molar-refractivity contribution in [1.82, 2.24) is 10.2 Å². The lowest BCUT2D eigenvalue weighted by Crippen LogP contribution is -2.60. The Kier molecular flexibility index (Phi) is 4.96. The van der Waals surface area contributed by atoms with Gasteiger partial charge in [-0.2, -0.15) is 0 Å². The molecule has 22 heavy (non-hydrogen) atoms. The Balaban J connectivity index is 2.17. The monoisotopic (exact) mass is 323 g/mol. The number of benzene rings is 1.